The number of nitrogens with zero attached hydrogens (tertiary/aromatic N) is 4. The van der Waals surface area contributed by atoms with Gasteiger partial charge in [0.1, 0.15) is 0 Å². The van der Waals surface area contributed by atoms with E-state index in [0.717, 1.165) is 24.8 Å². The molecule has 1 saturated heterocycles. The Morgan fingerprint density at radius 3 is 3.00 bits per heavy atom. The summed E-state index contributed by atoms with van der Waals surface area (Å²) in [5.74, 6) is -0.0236. The predicted molar refractivity (Wildman–Crippen MR) is 84.0 cm³/mol. The van der Waals surface area contributed by atoms with Crippen molar-refractivity contribution in [3.05, 3.63) is 47.8 Å². The van der Waals surface area contributed by atoms with Crippen LogP contribution >= 0.6 is 0 Å². The molecule has 4 rings (SSSR count). The molecule has 23 heavy (non-hydrogen) atoms. The molecule has 2 aliphatic rings. The Labute approximate surface area is 135 Å². The third kappa shape index (κ3) is 2.86. The summed E-state index contributed by atoms with van der Waals surface area (Å²) >= 11 is 0. The number of hydrogen-bond acceptors (Lipinski definition) is 4. The minimum Gasteiger partial charge on any atom is -0.374 e. The molecule has 0 radical (unpaired) electrons. The first kappa shape index (κ1) is 14.4. The molecule has 1 aromatic heterocycles. The quantitative estimate of drug-likeness (QED) is 0.866. The van der Waals surface area contributed by atoms with Crippen LogP contribution in [0.25, 0.3) is 0 Å². The van der Waals surface area contributed by atoms with Crippen molar-refractivity contribution in [1.82, 2.24) is 19.9 Å². The molecule has 6 heteroatoms. The van der Waals surface area contributed by atoms with Crippen LogP contribution in [-0.2, 0) is 11.3 Å². The average Bonchev–Trinajstić information content (AvgIpc) is 3.24. The van der Waals surface area contributed by atoms with Gasteiger partial charge in [-0.2, -0.15) is 0 Å². The van der Waals surface area contributed by atoms with Crippen LogP contribution in [0.5, 0.6) is 0 Å². The number of fused-ring (bicyclic) bond motifs is 1. The molecule has 2 fully saturated rings. The predicted octanol–water partition coefficient (Wildman–Crippen LogP) is 1.72. The van der Waals surface area contributed by atoms with Gasteiger partial charge < -0.3 is 9.64 Å². The minimum absolute atomic E-state index is 0.0236. The normalized spacial score (nSPS) is 23.7. The van der Waals surface area contributed by atoms with Crippen molar-refractivity contribution in [2.45, 2.75) is 38.0 Å². The maximum absolute atomic E-state index is 12.8. The van der Waals surface area contributed by atoms with E-state index in [-0.39, 0.29) is 18.1 Å². The van der Waals surface area contributed by atoms with Gasteiger partial charge in [-0.15, -0.1) is 5.10 Å². The zero-order valence-electron chi connectivity index (χ0n) is 13.0. The molecule has 1 aliphatic heterocycles. The molecule has 0 bridgehead atoms. The maximum Gasteiger partial charge on any atom is 0.276 e. The Balaban J connectivity index is 1.48. The average molecular weight is 312 g/mol. The highest BCUT2D eigenvalue weighted by Gasteiger charge is 2.39. The van der Waals surface area contributed by atoms with Crippen molar-refractivity contribution in [3.8, 4) is 0 Å². The zero-order chi connectivity index (χ0) is 15.6. The first-order chi connectivity index (χ1) is 11.3. The molecular weight excluding hydrogens is 292 g/mol. The lowest BCUT2D eigenvalue weighted by Crippen LogP contribution is -2.51. The highest BCUT2D eigenvalue weighted by molar-refractivity contribution is 5.92. The Kier molecular flexibility index (Phi) is 3.83. The second-order valence-electron chi connectivity index (χ2n) is 6.19. The summed E-state index contributed by atoms with van der Waals surface area (Å²) in [5, 5.41) is 8.18. The van der Waals surface area contributed by atoms with Gasteiger partial charge in [-0.25, -0.2) is 4.68 Å². The molecule has 1 amide bonds. The van der Waals surface area contributed by atoms with Gasteiger partial charge in [-0.1, -0.05) is 35.5 Å². The summed E-state index contributed by atoms with van der Waals surface area (Å²) in [7, 11) is 0. The van der Waals surface area contributed by atoms with Crippen LogP contribution in [0.2, 0.25) is 0 Å². The summed E-state index contributed by atoms with van der Waals surface area (Å²) in [4.78, 5) is 14.7. The van der Waals surface area contributed by atoms with Crippen molar-refractivity contribution in [2.24, 2.45) is 0 Å². The van der Waals surface area contributed by atoms with Crippen LogP contribution in [-0.4, -0.2) is 51.1 Å². The van der Waals surface area contributed by atoms with E-state index in [1.54, 1.807) is 10.9 Å². The number of carbonyl (C=O) groups excluding carboxylic acids is 1. The van der Waals surface area contributed by atoms with Gasteiger partial charge in [0.25, 0.3) is 5.91 Å². The lowest BCUT2D eigenvalue weighted by Gasteiger charge is -2.37. The minimum atomic E-state index is -0.0236. The topological polar surface area (TPSA) is 60.2 Å². The van der Waals surface area contributed by atoms with Gasteiger partial charge in [0.15, 0.2) is 5.69 Å². The molecule has 0 unspecified atom stereocenters. The standard InChI is InChI=1S/C17H20N4O2/c22-17(21-9-10-23-16-8-4-7-15(16)21)14-12-20(19-18-14)11-13-5-2-1-3-6-13/h1-3,5-6,12,15-16H,4,7-11H2/t15-,16-/m0/s1. The summed E-state index contributed by atoms with van der Waals surface area (Å²) in [6, 6.07) is 10.2. The lowest BCUT2D eigenvalue weighted by atomic mass is 10.1. The number of morpholine rings is 1. The molecule has 2 atom stereocenters. The van der Waals surface area contributed by atoms with Crippen LogP contribution in [0.15, 0.2) is 36.5 Å². The molecule has 1 saturated carbocycles. The van der Waals surface area contributed by atoms with E-state index in [1.165, 1.54) is 0 Å². The number of carbonyl (C=O) groups is 1. The molecule has 2 heterocycles. The fourth-order valence-corrected chi connectivity index (χ4v) is 3.57. The summed E-state index contributed by atoms with van der Waals surface area (Å²) in [5.41, 5.74) is 1.56. The number of rotatable bonds is 3. The highest BCUT2D eigenvalue weighted by atomic mass is 16.5. The van der Waals surface area contributed by atoms with E-state index in [1.807, 2.05) is 35.2 Å². The van der Waals surface area contributed by atoms with Crippen LogP contribution < -0.4 is 0 Å². The van der Waals surface area contributed by atoms with Gasteiger partial charge in [0.05, 0.1) is 31.5 Å². The highest BCUT2D eigenvalue weighted by Crippen LogP contribution is 2.30. The molecule has 0 spiro atoms. The van der Waals surface area contributed by atoms with Crippen molar-refractivity contribution < 1.29 is 9.53 Å². The van der Waals surface area contributed by atoms with Crippen LogP contribution in [0.4, 0.5) is 0 Å². The fourth-order valence-electron chi connectivity index (χ4n) is 3.57. The Morgan fingerprint density at radius 1 is 1.26 bits per heavy atom. The third-order valence-electron chi connectivity index (χ3n) is 4.69. The Hall–Kier alpha value is -2.21. The molecular formula is C17H20N4O2. The number of amides is 1. The summed E-state index contributed by atoms with van der Waals surface area (Å²) in [6.45, 7) is 1.88. The van der Waals surface area contributed by atoms with Crippen molar-refractivity contribution in [2.75, 3.05) is 13.2 Å². The van der Waals surface area contributed by atoms with E-state index >= 15 is 0 Å². The van der Waals surface area contributed by atoms with E-state index in [2.05, 4.69) is 10.3 Å². The fraction of sp³-hybridized carbons (Fsp3) is 0.471. The molecule has 120 valence electrons. The smallest absolute Gasteiger partial charge is 0.276 e. The molecule has 2 aromatic rings. The van der Waals surface area contributed by atoms with Gasteiger partial charge in [-0.05, 0) is 24.8 Å². The maximum atomic E-state index is 12.8. The second kappa shape index (κ2) is 6.12. The Bertz CT molecular complexity index is 685. The summed E-state index contributed by atoms with van der Waals surface area (Å²) < 4.78 is 7.48. The number of ether oxygens (including phenoxy) is 1. The SMILES string of the molecule is O=C(c1cn(Cc2ccccc2)nn1)N1CCO[C@H]2CCC[C@@H]21. The van der Waals surface area contributed by atoms with Crippen LogP contribution in [0, 0.1) is 0 Å². The zero-order valence-corrected chi connectivity index (χ0v) is 13.0. The van der Waals surface area contributed by atoms with Crippen molar-refractivity contribution in [1.29, 1.82) is 0 Å². The van der Waals surface area contributed by atoms with Crippen molar-refractivity contribution in [3.63, 3.8) is 0 Å². The van der Waals surface area contributed by atoms with E-state index < -0.39 is 0 Å². The number of hydrogen-bond donors (Lipinski definition) is 0. The first-order valence-corrected chi connectivity index (χ1v) is 8.18. The largest absolute Gasteiger partial charge is 0.374 e. The van der Waals surface area contributed by atoms with E-state index in [9.17, 15) is 4.79 Å². The van der Waals surface area contributed by atoms with Crippen LogP contribution in [0.3, 0.4) is 0 Å². The van der Waals surface area contributed by atoms with Gasteiger partial charge in [0, 0.05) is 6.54 Å². The van der Waals surface area contributed by atoms with E-state index in [0.29, 0.717) is 25.4 Å². The Morgan fingerprint density at radius 2 is 2.13 bits per heavy atom. The van der Waals surface area contributed by atoms with Gasteiger partial charge in [-0.3, -0.25) is 4.79 Å². The second-order valence-corrected chi connectivity index (χ2v) is 6.19. The van der Waals surface area contributed by atoms with Crippen molar-refractivity contribution >= 4 is 5.91 Å². The number of benzene rings is 1. The molecule has 6 nitrogen and oxygen atoms in total. The summed E-state index contributed by atoms with van der Waals surface area (Å²) in [6.07, 6.45) is 5.14. The first-order valence-electron chi connectivity index (χ1n) is 8.18. The monoisotopic (exact) mass is 312 g/mol. The van der Waals surface area contributed by atoms with Gasteiger partial charge in [0.2, 0.25) is 0 Å². The molecule has 1 aromatic carbocycles. The molecule has 1 aliphatic carbocycles. The lowest BCUT2D eigenvalue weighted by molar-refractivity contribution is -0.0447. The van der Waals surface area contributed by atoms with E-state index in [4.69, 9.17) is 4.74 Å². The van der Waals surface area contributed by atoms with Gasteiger partial charge >= 0.3 is 0 Å². The number of aromatic nitrogens is 3. The third-order valence-corrected chi connectivity index (χ3v) is 4.69. The molecule has 0 N–H and O–H groups in total. The van der Waals surface area contributed by atoms with Crippen LogP contribution in [0.1, 0.15) is 35.3 Å².